The molecule has 4 heteroatoms. The van der Waals surface area contributed by atoms with Crippen LogP contribution in [0.4, 0.5) is 8.78 Å². The van der Waals surface area contributed by atoms with E-state index < -0.39 is 11.6 Å². The zero-order valence-corrected chi connectivity index (χ0v) is 11.9. The van der Waals surface area contributed by atoms with Crippen LogP contribution in [-0.2, 0) is 0 Å². The van der Waals surface area contributed by atoms with Gasteiger partial charge in [-0.3, -0.25) is 0 Å². The number of nitrogens with zero attached hydrogens (tertiary/aromatic N) is 1. The van der Waals surface area contributed by atoms with E-state index in [0.29, 0.717) is 11.5 Å². The van der Waals surface area contributed by atoms with Crippen molar-refractivity contribution in [1.29, 1.82) is 0 Å². The third-order valence-electron chi connectivity index (χ3n) is 4.52. The minimum Gasteiger partial charge on any atom is -0.310 e. The van der Waals surface area contributed by atoms with Gasteiger partial charge < -0.3 is 10.2 Å². The minimum absolute atomic E-state index is 0.0782. The van der Waals surface area contributed by atoms with Crippen LogP contribution in [0.5, 0.6) is 0 Å². The normalized spacial score (nSPS) is 25.1. The summed E-state index contributed by atoms with van der Waals surface area (Å²) in [4.78, 5) is 2.58. The smallest absolute Gasteiger partial charge is 0.130 e. The van der Waals surface area contributed by atoms with E-state index in [1.54, 1.807) is 0 Å². The lowest BCUT2D eigenvalue weighted by Gasteiger charge is -2.19. The number of halogens is 2. The van der Waals surface area contributed by atoms with Gasteiger partial charge in [0.05, 0.1) is 0 Å². The Hall–Kier alpha value is -1.00. The fourth-order valence-corrected chi connectivity index (χ4v) is 3.11. The van der Waals surface area contributed by atoms with E-state index in [4.69, 9.17) is 0 Å². The lowest BCUT2D eigenvalue weighted by Crippen LogP contribution is -2.29. The van der Waals surface area contributed by atoms with Crippen LogP contribution in [0.3, 0.4) is 0 Å². The standard InChI is InChI=1S/C16H22F2N2/c1-11(15-5-2-13(17)8-16(15)18)19-9-12-6-7-20(10-12)14-3-4-14/h2,5,8,11-12,14,19H,3-4,6-7,9-10H2,1H3. The molecule has 110 valence electrons. The first-order valence-electron chi connectivity index (χ1n) is 7.56. The summed E-state index contributed by atoms with van der Waals surface area (Å²) >= 11 is 0. The molecule has 0 spiro atoms. The summed E-state index contributed by atoms with van der Waals surface area (Å²) in [6.45, 7) is 5.21. The molecular weight excluding hydrogens is 258 g/mol. The molecule has 20 heavy (non-hydrogen) atoms. The van der Waals surface area contributed by atoms with Gasteiger partial charge in [0, 0.05) is 30.3 Å². The maximum Gasteiger partial charge on any atom is 0.130 e. The first-order valence-corrected chi connectivity index (χ1v) is 7.56. The fourth-order valence-electron chi connectivity index (χ4n) is 3.11. The second-order valence-electron chi connectivity index (χ2n) is 6.18. The van der Waals surface area contributed by atoms with Gasteiger partial charge in [-0.25, -0.2) is 8.78 Å². The molecule has 0 aromatic heterocycles. The number of likely N-dealkylation sites (tertiary alicyclic amines) is 1. The average molecular weight is 280 g/mol. The van der Waals surface area contributed by atoms with Crippen LogP contribution in [0.1, 0.15) is 37.8 Å². The Balaban J connectivity index is 1.50. The van der Waals surface area contributed by atoms with E-state index in [1.807, 2.05) is 6.92 Å². The molecule has 2 aliphatic rings. The lowest BCUT2D eigenvalue weighted by molar-refractivity contribution is 0.309. The Kier molecular flexibility index (Phi) is 4.03. The number of hydrogen-bond acceptors (Lipinski definition) is 2. The topological polar surface area (TPSA) is 15.3 Å². The molecule has 1 aliphatic heterocycles. The van der Waals surface area contributed by atoms with E-state index in [0.717, 1.165) is 25.2 Å². The van der Waals surface area contributed by atoms with Crippen LogP contribution in [0.2, 0.25) is 0 Å². The van der Waals surface area contributed by atoms with Gasteiger partial charge in [-0.05, 0) is 51.3 Å². The van der Waals surface area contributed by atoms with E-state index in [2.05, 4.69) is 10.2 Å². The van der Waals surface area contributed by atoms with Gasteiger partial charge in [-0.15, -0.1) is 0 Å². The maximum absolute atomic E-state index is 13.7. The molecule has 1 heterocycles. The van der Waals surface area contributed by atoms with Gasteiger partial charge >= 0.3 is 0 Å². The van der Waals surface area contributed by atoms with Crippen molar-refractivity contribution in [2.75, 3.05) is 19.6 Å². The summed E-state index contributed by atoms with van der Waals surface area (Å²) in [6.07, 6.45) is 3.94. The molecule has 2 atom stereocenters. The molecule has 2 nitrogen and oxygen atoms in total. The van der Waals surface area contributed by atoms with Crippen molar-refractivity contribution >= 4 is 0 Å². The highest BCUT2D eigenvalue weighted by atomic mass is 19.1. The van der Waals surface area contributed by atoms with Gasteiger partial charge in [0.2, 0.25) is 0 Å². The Labute approximate surface area is 119 Å². The summed E-state index contributed by atoms with van der Waals surface area (Å²) in [7, 11) is 0. The second-order valence-corrected chi connectivity index (χ2v) is 6.18. The summed E-state index contributed by atoms with van der Waals surface area (Å²) in [5.41, 5.74) is 0.545. The third kappa shape index (κ3) is 3.18. The van der Waals surface area contributed by atoms with Gasteiger partial charge in [0.15, 0.2) is 0 Å². The summed E-state index contributed by atoms with van der Waals surface area (Å²) in [5, 5.41) is 3.39. The first-order chi connectivity index (χ1) is 9.63. The van der Waals surface area contributed by atoms with Crippen molar-refractivity contribution in [1.82, 2.24) is 10.2 Å². The molecule has 0 amide bonds. The van der Waals surface area contributed by atoms with Crippen molar-refractivity contribution in [3.05, 3.63) is 35.4 Å². The summed E-state index contributed by atoms with van der Waals surface area (Å²) < 4.78 is 26.6. The van der Waals surface area contributed by atoms with Gasteiger partial charge in [0.25, 0.3) is 0 Å². The second kappa shape index (κ2) is 5.78. The summed E-state index contributed by atoms with van der Waals surface area (Å²) in [6, 6.07) is 4.57. The van der Waals surface area contributed by atoms with E-state index in [9.17, 15) is 8.78 Å². The molecular formula is C16H22F2N2. The van der Waals surface area contributed by atoms with Crippen molar-refractivity contribution in [3.63, 3.8) is 0 Å². The monoisotopic (exact) mass is 280 g/mol. The minimum atomic E-state index is -0.519. The van der Waals surface area contributed by atoms with E-state index in [1.165, 1.54) is 37.9 Å². The Morgan fingerprint density at radius 2 is 2.10 bits per heavy atom. The third-order valence-corrected chi connectivity index (χ3v) is 4.52. The van der Waals surface area contributed by atoms with Crippen LogP contribution in [-0.4, -0.2) is 30.6 Å². The predicted molar refractivity (Wildman–Crippen MR) is 75.5 cm³/mol. The number of rotatable bonds is 5. The predicted octanol–water partition coefficient (Wildman–Crippen LogP) is 3.10. The first kappa shape index (κ1) is 14.0. The van der Waals surface area contributed by atoms with E-state index >= 15 is 0 Å². The van der Waals surface area contributed by atoms with Crippen LogP contribution in [0.25, 0.3) is 0 Å². The molecule has 1 aromatic carbocycles. The molecule has 2 fully saturated rings. The molecule has 1 saturated carbocycles. The van der Waals surface area contributed by atoms with Gasteiger partial charge in [-0.1, -0.05) is 6.07 Å². The van der Waals surface area contributed by atoms with Gasteiger partial charge in [-0.2, -0.15) is 0 Å². The molecule has 0 radical (unpaired) electrons. The van der Waals surface area contributed by atoms with Crippen LogP contribution in [0, 0.1) is 17.6 Å². The molecule has 1 aromatic rings. The molecule has 1 aliphatic carbocycles. The molecule has 1 saturated heterocycles. The van der Waals surface area contributed by atoms with Crippen LogP contribution < -0.4 is 5.32 Å². The van der Waals surface area contributed by atoms with E-state index in [-0.39, 0.29) is 6.04 Å². The fraction of sp³-hybridized carbons (Fsp3) is 0.625. The summed E-state index contributed by atoms with van der Waals surface area (Å²) in [5.74, 6) is -0.327. The highest BCUT2D eigenvalue weighted by Gasteiger charge is 2.34. The lowest BCUT2D eigenvalue weighted by atomic mass is 10.1. The zero-order chi connectivity index (χ0) is 14.1. The molecule has 2 unspecified atom stereocenters. The largest absolute Gasteiger partial charge is 0.310 e. The van der Waals surface area contributed by atoms with Crippen molar-refractivity contribution < 1.29 is 8.78 Å². The molecule has 1 N–H and O–H groups in total. The highest BCUT2D eigenvalue weighted by Crippen LogP contribution is 2.31. The zero-order valence-electron chi connectivity index (χ0n) is 11.9. The van der Waals surface area contributed by atoms with Crippen molar-refractivity contribution in [3.8, 4) is 0 Å². The number of benzene rings is 1. The van der Waals surface area contributed by atoms with Crippen LogP contribution >= 0.6 is 0 Å². The Bertz CT molecular complexity index is 474. The molecule has 3 rings (SSSR count). The number of hydrogen-bond donors (Lipinski definition) is 1. The van der Waals surface area contributed by atoms with Gasteiger partial charge in [0.1, 0.15) is 11.6 Å². The SMILES string of the molecule is CC(NCC1CCN(C2CC2)C1)c1ccc(F)cc1F. The van der Waals surface area contributed by atoms with Crippen molar-refractivity contribution in [2.24, 2.45) is 5.92 Å². The Morgan fingerprint density at radius 1 is 1.30 bits per heavy atom. The highest BCUT2D eigenvalue weighted by molar-refractivity contribution is 5.21. The maximum atomic E-state index is 13.7. The van der Waals surface area contributed by atoms with Crippen LogP contribution in [0.15, 0.2) is 18.2 Å². The Morgan fingerprint density at radius 3 is 2.80 bits per heavy atom. The molecule has 0 bridgehead atoms. The van der Waals surface area contributed by atoms with Crippen molar-refractivity contribution in [2.45, 2.75) is 38.3 Å². The quantitative estimate of drug-likeness (QED) is 0.891. The number of nitrogens with one attached hydrogen (secondary N) is 1. The average Bonchev–Trinajstić information content (AvgIpc) is 3.15.